The van der Waals surface area contributed by atoms with Gasteiger partial charge in [0.2, 0.25) is 5.91 Å². The number of nitrogens with zero attached hydrogens (tertiary/aromatic N) is 4. The van der Waals surface area contributed by atoms with Crippen LogP contribution in [0.4, 0.5) is 11.4 Å². The molecule has 4 rings (SSSR count). The smallest absolute Gasteiger partial charge is 0.276 e. The molecule has 7 nitrogen and oxygen atoms in total. The summed E-state index contributed by atoms with van der Waals surface area (Å²) >= 11 is 0. The minimum Gasteiger partial charge on any atom is -0.378 e. The molecule has 2 aromatic heterocycles. The van der Waals surface area contributed by atoms with Crippen LogP contribution >= 0.6 is 0 Å². The van der Waals surface area contributed by atoms with Crippen molar-refractivity contribution in [3.63, 3.8) is 0 Å². The van der Waals surface area contributed by atoms with Gasteiger partial charge in [0.1, 0.15) is 5.52 Å². The van der Waals surface area contributed by atoms with E-state index in [0.29, 0.717) is 12.1 Å². The second-order valence-corrected chi connectivity index (χ2v) is 7.46. The number of nitrogens with one attached hydrogen (secondary N) is 1. The lowest BCUT2D eigenvalue weighted by molar-refractivity contribution is -0.116. The van der Waals surface area contributed by atoms with Crippen molar-refractivity contribution < 1.29 is 4.79 Å². The van der Waals surface area contributed by atoms with Gasteiger partial charge >= 0.3 is 0 Å². The number of amides is 1. The van der Waals surface area contributed by atoms with E-state index in [1.54, 1.807) is 15.3 Å². The molecule has 0 saturated heterocycles. The number of fused-ring (bicyclic) bond motifs is 3. The van der Waals surface area contributed by atoms with E-state index in [1.807, 2.05) is 49.5 Å². The zero-order valence-corrected chi connectivity index (χ0v) is 16.3. The minimum absolute atomic E-state index is 0.0683. The maximum Gasteiger partial charge on any atom is 0.276 e. The van der Waals surface area contributed by atoms with E-state index < -0.39 is 0 Å². The third-order valence-corrected chi connectivity index (χ3v) is 5.28. The highest BCUT2D eigenvalue weighted by atomic mass is 16.2. The summed E-state index contributed by atoms with van der Waals surface area (Å²) < 4.78 is 3.31. The number of aromatic nitrogens is 3. The Balaban J connectivity index is 1.45. The average molecular weight is 379 g/mol. The van der Waals surface area contributed by atoms with Crippen LogP contribution < -0.4 is 15.8 Å². The van der Waals surface area contributed by atoms with Crippen molar-refractivity contribution in [3.05, 3.63) is 58.3 Å². The topological polar surface area (TPSA) is 71.6 Å². The van der Waals surface area contributed by atoms with Gasteiger partial charge in [-0.2, -0.15) is 5.10 Å². The van der Waals surface area contributed by atoms with Gasteiger partial charge in [-0.1, -0.05) is 0 Å². The van der Waals surface area contributed by atoms with Gasteiger partial charge in [0, 0.05) is 56.4 Å². The van der Waals surface area contributed by atoms with Crippen molar-refractivity contribution in [1.82, 2.24) is 14.2 Å². The summed E-state index contributed by atoms with van der Waals surface area (Å²) in [6.07, 6.45) is 7.83. The molecule has 0 bridgehead atoms. The van der Waals surface area contributed by atoms with E-state index in [-0.39, 0.29) is 17.9 Å². The van der Waals surface area contributed by atoms with E-state index in [9.17, 15) is 9.59 Å². The molecular formula is C21H25N5O2. The zero-order valence-electron chi connectivity index (χ0n) is 16.3. The molecule has 0 atom stereocenters. The average Bonchev–Trinajstić information content (AvgIpc) is 3.07. The van der Waals surface area contributed by atoms with Crippen LogP contribution in [0.15, 0.2) is 41.5 Å². The molecule has 7 heteroatoms. The molecule has 0 unspecified atom stereocenters. The first-order chi connectivity index (χ1) is 13.5. The molecule has 0 radical (unpaired) electrons. The second kappa shape index (κ2) is 7.50. The summed E-state index contributed by atoms with van der Waals surface area (Å²) in [5.41, 5.74) is 4.54. The van der Waals surface area contributed by atoms with Gasteiger partial charge in [0.05, 0.1) is 5.69 Å². The Morgan fingerprint density at radius 3 is 2.64 bits per heavy atom. The molecule has 28 heavy (non-hydrogen) atoms. The van der Waals surface area contributed by atoms with Crippen LogP contribution in [-0.2, 0) is 24.2 Å². The van der Waals surface area contributed by atoms with Gasteiger partial charge in [-0.15, -0.1) is 0 Å². The lowest BCUT2D eigenvalue weighted by Crippen LogP contribution is -2.24. The van der Waals surface area contributed by atoms with Crippen LogP contribution in [0.3, 0.4) is 0 Å². The van der Waals surface area contributed by atoms with Gasteiger partial charge in [-0.05, 0) is 49.9 Å². The Labute approximate surface area is 163 Å². The Hall–Kier alpha value is -3.09. The first-order valence-corrected chi connectivity index (χ1v) is 9.70. The third kappa shape index (κ3) is 3.52. The van der Waals surface area contributed by atoms with Gasteiger partial charge in [-0.3, -0.25) is 9.59 Å². The number of rotatable bonds is 5. The van der Waals surface area contributed by atoms with Gasteiger partial charge in [-0.25, -0.2) is 4.52 Å². The van der Waals surface area contributed by atoms with Gasteiger partial charge in [0.25, 0.3) is 5.56 Å². The van der Waals surface area contributed by atoms with Crippen LogP contribution in [-0.4, -0.2) is 34.2 Å². The molecule has 1 aliphatic rings. The van der Waals surface area contributed by atoms with Crippen molar-refractivity contribution >= 4 is 22.8 Å². The quantitative estimate of drug-likeness (QED) is 0.739. The summed E-state index contributed by atoms with van der Waals surface area (Å²) in [5, 5.41) is 7.44. The molecule has 0 saturated carbocycles. The molecule has 0 fully saturated rings. The van der Waals surface area contributed by atoms with Crippen LogP contribution in [0.1, 0.15) is 30.5 Å². The second-order valence-electron chi connectivity index (χ2n) is 7.46. The van der Waals surface area contributed by atoms with Crippen LogP contribution in [0.25, 0.3) is 5.52 Å². The van der Waals surface area contributed by atoms with E-state index in [4.69, 9.17) is 0 Å². The highest BCUT2D eigenvalue weighted by Crippen LogP contribution is 2.22. The number of benzene rings is 1. The molecule has 0 spiro atoms. The van der Waals surface area contributed by atoms with Crippen molar-refractivity contribution in [2.75, 3.05) is 24.3 Å². The number of carbonyl (C=O) groups excluding carboxylic acids is 1. The lowest BCUT2D eigenvalue weighted by Gasteiger charge is -2.13. The predicted molar refractivity (Wildman–Crippen MR) is 110 cm³/mol. The summed E-state index contributed by atoms with van der Waals surface area (Å²) in [6.45, 7) is 0.344. The first-order valence-electron chi connectivity index (χ1n) is 9.70. The largest absolute Gasteiger partial charge is 0.378 e. The van der Waals surface area contributed by atoms with Crippen LogP contribution in [0.5, 0.6) is 0 Å². The van der Waals surface area contributed by atoms with E-state index in [2.05, 4.69) is 10.4 Å². The number of hydrogen-bond donors (Lipinski definition) is 1. The standard InChI is InChI=1S/C21H25N5O2/c1-24(2)16-9-7-15(8-10-16)22-19(27)11-12-25-13-14-26-20(21(25)28)17-5-3-4-6-18(17)23-26/h7-10,13-14H,3-6,11-12H2,1-2H3,(H,22,27). The van der Waals surface area contributed by atoms with Crippen molar-refractivity contribution in [2.24, 2.45) is 0 Å². The molecule has 146 valence electrons. The number of hydrogen-bond acceptors (Lipinski definition) is 4. The monoisotopic (exact) mass is 379 g/mol. The highest BCUT2D eigenvalue weighted by molar-refractivity contribution is 5.90. The van der Waals surface area contributed by atoms with Crippen molar-refractivity contribution in [3.8, 4) is 0 Å². The van der Waals surface area contributed by atoms with E-state index in [1.165, 1.54) is 0 Å². The molecule has 1 aliphatic carbocycles. The van der Waals surface area contributed by atoms with E-state index >= 15 is 0 Å². The van der Waals surface area contributed by atoms with Crippen molar-refractivity contribution in [2.45, 2.75) is 38.6 Å². The maximum absolute atomic E-state index is 12.9. The molecule has 1 N–H and O–H groups in total. The number of aryl methyl sites for hydroxylation is 3. The summed E-state index contributed by atoms with van der Waals surface area (Å²) in [4.78, 5) is 27.2. The fourth-order valence-corrected chi connectivity index (χ4v) is 3.72. The fraction of sp³-hybridized carbons (Fsp3) is 0.381. The van der Waals surface area contributed by atoms with Gasteiger partial charge < -0.3 is 14.8 Å². The third-order valence-electron chi connectivity index (χ3n) is 5.28. The molecule has 2 heterocycles. The Morgan fingerprint density at radius 1 is 1.14 bits per heavy atom. The number of carbonyl (C=O) groups is 1. The Morgan fingerprint density at radius 2 is 1.89 bits per heavy atom. The normalized spacial score (nSPS) is 13.4. The lowest BCUT2D eigenvalue weighted by atomic mass is 9.97. The predicted octanol–water partition coefficient (Wildman–Crippen LogP) is 2.47. The Bertz CT molecular complexity index is 1060. The first kappa shape index (κ1) is 18.3. The molecule has 0 aliphatic heterocycles. The fourth-order valence-electron chi connectivity index (χ4n) is 3.72. The van der Waals surface area contributed by atoms with E-state index in [0.717, 1.165) is 48.3 Å². The molecule has 1 aromatic carbocycles. The Kier molecular flexibility index (Phi) is 4.90. The summed E-state index contributed by atoms with van der Waals surface area (Å²) in [7, 11) is 3.94. The molecule has 3 aromatic rings. The van der Waals surface area contributed by atoms with Crippen molar-refractivity contribution in [1.29, 1.82) is 0 Å². The maximum atomic E-state index is 12.9. The SMILES string of the molecule is CN(C)c1ccc(NC(=O)CCn2ccn3nc4c(c3c2=O)CCCC4)cc1. The van der Waals surface area contributed by atoms with Gasteiger partial charge in [0.15, 0.2) is 0 Å². The molecular weight excluding hydrogens is 354 g/mol. The summed E-state index contributed by atoms with van der Waals surface area (Å²) in [5.74, 6) is -0.111. The molecule has 1 amide bonds. The number of anilines is 2. The minimum atomic E-state index is -0.111. The summed E-state index contributed by atoms with van der Waals surface area (Å²) in [6, 6.07) is 7.67. The highest BCUT2D eigenvalue weighted by Gasteiger charge is 2.19. The zero-order chi connectivity index (χ0) is 19.7. The van der Waals surface area contributed by atoms with Crippen LogP contribution in [0, 0.1) is 0 Å². The van der Waals surface area contributed by atoms with Crippen LogP contribution in [0.2, 0.25) is 0 Å².